The molecule has 2 heterocycles. The maximum Gasteiger partial charge on any atom is 0.0794 e. The molecule has 0 amide bonds. The lowest BCUT2D eigenvalue weighted by Crippen LogP contribution is -2.42. The van der Waals surface area contributed by atoms with E-state index in [1.165, 1.54) is 38.2 Å². The molecule has 1 aromatic heterocycles. The van der Waals surface area contributed by atoms with Gasteiger partial charge in [0.1, 0.15) is 0 Å². The Kier molecular flexibility index (Phi) is 5.60. The zero-order chi connectivity index (χ0) is 12.8. The molecule has 18 heavy (non-hydrogen) atoms. The number of nitrogens with zero attached hydrogens (tertiary/aromatic N) is 2. The van der Waals surface area contributed by atoms with Crippen LogP contribution in [-0.2, 0) is 6.42 Å². The normalized spacial score (nSPS) is 23.8. The predicted molar refractivity (Wildman–Crippen MR) is 78.1 cm³/mol. The molecule has 1 aromatic rings. The molecule has 0 spiro atoms. The van der Waals surface area contributed by atoms with Crippen LogP contribution in [0.15, 0.2) is 10.9 Å². The number of nitrogens with one attached hydrogen (secondary N) is 1. The number of aromatic nitrogens is 1. The van der Waals surface area contributed by atoms with Crippen molar-refractivity contribution in [3.05, 3.63) is 16.6 Å². The van der Waals surface area contributed by atoms with E-state index in [2.05, 4.69) is 34.4 Å². The molecular weight excluding hydrogens is 242 g/mol. The lowest BCUT2D eigenvalue weighted by molar-refractivity contribution is 0.240. The number of thiazole rings is 1. The highest BCUT2D eigenvalue weighted by atomic mass is 32.1. The van der Waals surface area contributed by atoms with Gasteiger partial charge in [0.15, 0.2) is 0 Å². The number of hydrogen-bond acceptors (Lipinski definition) is 4. The molecule has 102 valence electrons. The first kappa shape index (κ1) is 14.0. The van der Waals surface area contributed by atoms with Crippen LogP contribution in [0.25, 0.3) is 0 Å². The lowest BCUT2D eigenvalue weighted by atomic mass is 9.99. The van der Waals surface area contributed by atoms with Gasteiger partial charge >= 0.3 is 0 Å². The Morgan fingerprint density at radius 2 is 2.50 bits per heavy atom. The van der Waals surface area contributed by atoms with Crippen molar-refractivity contribution in [1.82, 2.24) is 15.2 Å². The van der Waals surface area contributed by atoms with Crippen molar-refractivity contribution in [2.24, 2.45) is 5.92 Å². The van der Waals surface area contributed by atoms with E-state index in [0.717, 1.165) is 18.9 Å². The summed E-state index contributed by atoms with van der Waals surface area (Å²) in [6.07, 6.45) is 3.62. The van der Waals surface area contributed by atoms with Crippen LogP contribution >= 0.6 is 11.3 Å². The van der Waals surface area contributed by atoms with Crippen molar-refractivity contribution in [1.29, 1.82) is 0 Å². The molecule has 1 saturated heterocycles. The van der Waals surface area contributed by atoms with Crippen molar-refractivity contribution in [3.8, 4) is 0 Å². The summed E-state index contributed by atoms with van der Waals surface area (Å²) in [6.45, 7) is 9.39. The van der Waals surface area contributed by atoms with Gasteiger partial charge in [0.2, 0.25) is 0 Å². The number of rotatable bonds is 5. The third kappa shape index (κ3) is 4.04. The molecule has 2 rings (SSSR count). The molecule has 1 aliphatic heterocycles. The quantitative estimate of drug-likeness (QED) is 0.888. The average Bonchev–Trinajstić information content (AvgIpc) is 2.80. The fourth-order valence-corrected chi connectivity index (χ4v) is 3.12. The first-order valence-corrected chi connectivity index (χ1v) is 8.06. The topological polar surface area (TPSA) is 28.2 Å². The van der Waals surface area contributed by atoms with Gasteiger partial charge in [0.25, 0.3) is 0 Å². The Bertz CT molecular complexity index is 326. The molecule has 0 radical (unpaired) electrons. The van der Waals surface area contributed by atoms with Crippen LogP contribution in [-0.4, -0.2) is 42.1 Å². The van der Waals surface area contributed by atoms with Gasteiger partial charge in [0.05, 0.1) is 11.2 Å². The van der Waals surface area contributed by atoms with Crippen molar-refractivity contribution < 1.29 is 0 Å². The van der Waals surface area contributed by atoms with E-state index in [0.29, 0.717) is 6.04 Å². The monoisotopic (exact) mass is 267 g/mol. The van der Waals surface area contributed by atoms with E-state index < -0.39 is 0 Å². The average molecular weight is 267 g/mol. The molecule has 0 aliphatic carbocycles. The Labute approximate surface area is 115 Å². The van der Waals surface area contributed by atoms with E-state index in [1.807, 2.05) is 5.51 Å². The fourth-order valence-electron chi connectivity index (χ4n) is 2.53. The van der Waals surface area contributed by atoms with Crippen LogP contribution in [0.1, 0.15) is 32.4 Å². The molecule has 1 fully saturated rings. The van der Waals surface area contributed by atoms with E-state index in [4.69, 9.17) is 0 Å². The minimum atomic E-state index is 0.660. The van der Waals surface area contributed by atoms with Gasteiger partial charge in [-0.05, 0) is 25.4 Å². The molecule has 2 unspecified atom stereocenters. The van der Waals surface area contributed by atoms with Crippen molar-refractivity contribution in [2.45, 2.75) is 39.2 Å². The van der Waals surface area contributed by atoms with Gasteiger partial charge in [-0.3, -0.25) is 0 Å². The van der Waals surface area contributed by atoms with E-state index in [9.17, 15) is 0 Å². The van der Waals surface area contributed by atoms with Crippen molar-refractivity contribution in [2.75, 3.05) is 26.2 Å². The Balaban J connectivity index is 1.83. The first-order chi connectivity index (χ1) is 8.79. The van der Waals surface area contributed by atoms with Gasteiger partial charge < -0.3 is 10.2 Å². The van der Waals surface area contributed by atoms with Gasteiger partial charge in [0, 0.05) is 30.9 Å². The zero-order valence-electron chi connectivity index (χ0n) is 11.6. The van der Waals surface area contributed by atoms with Crippen molar-refractivity contribution in [3.63, 3.8) is 0 Å². The molecule has 0 bridgehead atoms. The second-order valence-electron chi connectivity index (χ2n) is 5.33. The second kappa shape index (κ2) is 7.22. The van der Waals surface area contributed by atoms with Crippen LogP contribution in [0.4, 0.5) is 0 Å². The Hall–Kier alpha value is -0.450. The van der Waals surface area contributed by atoms with E-state index >= 15 is 0 Å². The fraction of sp³-hybridized carbons (Fsp3) is 0.786. The molecule has 0 saturated carbocycles. The molecule has 4 heteroatoms. The number of hydrogen-bond donors (Lipinski definition) is 1. The highest BCUT2D eigenvalue weighted by Gasteiger charge is 2.21. The molecule has 1 N–H and O–H groups in total. The Morgan fingerprint density at radius 1 is 1.61 bits per heavy atom. The highest BCUT2D eigenvalue weighted by molar-refractivity contribution is 7.07. The minimum Gasteiger partial charge on any atom is -0.312 e. The smallest absolute Gasteiger partial charge is 0.0794 e. The Morgan fingerprint density at radius 3 is 3.22 bits per heavy atom. The van der Waals surface area contributed by atoms with Crippen LogP contribution in [0, 0.1) is 5.92 Å². The van der Waals surface area contributed by atoms with E-state index in [1.54, 1.807) is 11.3 Å². The maximum absolute atomic E-state index is 4.37. The van der Waals surface area contributed by atoms with Gasteiger partial charge in [-0.25, -0.2) is 4.98 Å². The van der Waals surface area contributed by atoms with Gasteiger partial charge in [-0.1, -0.05) is 20.3 Å². The van der Waals surface area contributed by atoms with Crippen LogP contribution < -0.4 is 5.32 Å². The second-order valence-corrected chi connectivity index (χ2v) is 6.05. The third-order valence-corrected chi connectivity index (χ3v) is 4.65. The summed E-state index contributed by atoms with van der Waals surface area (Å²) in [7, 11) is 0. The first-order valence-electron chi connectivity index (χ1n) is 7.12. The predicted octanol–water partition coefficient (Wildman–Crippen LogP) is 2.40. The summed E-state index contributed by atoms with van der Waals surface area (Å²) in [6, 6.07) is 0.660. The molecule has 2 atom stereocenters. The zero-order valence-corrected chi connectivity index (χ0v) is 12.4. The lowest BCUT2D eigenvalue weighted by Gasteiger charge is -2.27. The summed E-state index contributed by atoms with van der Waals surface area (Å²) in [4.78, 5) is 6.98. The van der Waals surface area contributed by atoms with E-state index in [-0.39, 0.29) is 0 Å². The molecular formula is C14H25N3S. The summed E-state index contributed by atoms with van der Waals surface area (Å²) in [5.41, 5.74) is 3.18. The highest BCUT2D eigenvalue weighted by Crippen LogP contribution is 2.13. The third-order valence-electron chi connectivity index (χ3n) is 4.01. The standard InChI is InChI=1S/C14H25N3S/c1-3-12(2)14-9-17(7-4-6-15-14)8-5-13-10-18-11-16-13/h10-12,14-15H,3-9H2,1-2H3. The summed E-state index contributed by atoms with van der Waals surface area (Å²) >= 11 is 1.70. The summed E-state index contributed by atoms with van der Waals surface area (Å²) in [5.74, 6) is 0.768. The van der Waals surface area contributed by atoms with Crippen LogP contribution in [0.5, 0.6) is 0 Å². The van der Waals surface area contributed by atoms with Gasteiger partial charge in [-0.2, -0.15) is 0 Å². The maximum atomic E-state index is 4.37. The van der Waals surface area contributed by atoms with Crippen LogP contribution in [0.2, 0.25) is 0 Å². The van der Waals surface area contributed by atoms with Crippen molar-refractivity contribution >= 4 is 11.3 Å². The largest absolute Gasteiger partial charge is 0.312 e. The molecule has 3 nitrogen and oxygen atoms in total. The summed E-state index contributed by atoms with van der Waals surface area (Å²) in [5, 5.41) is 5.87. The van der Waals surface area contributed by atoms with Gasteiger partial charge in [-0.15, -0.1) is 11.3 Å². The minimum absolute atomic E-state index is 0.660. The molecule has 1 aliphatic rings. The SMILES string of the molecule is CCC(C)C1CN(CCc2cscn2)CCCN1. The molecule has 0 aromatic carbocycles. The van der Waals surface area contributed by atoms with Crippen LogP contribution in [0.3, 0.4) is 0 Å². The summed E-state index contributed by atoms with van der Waals surface area (Å²) < 4.78 is 0.